The standard InChI is InChI=1S/C41H58O7S2/c1-27-10-15-33(16-11-27)49(43,44)47-26-29(3)8-7-9-30(4)39-38(42)25-37-35-19-14-31-24-32(48-50(45,46)34-17-12-28(2)13-18-34)20-22-40(31,5)36(35)21-23-41(37,39)6/h10-18,29-30,32,35-39,42H,7-9,19-26H2,1-6H3/t29-,30-,32?,35-,36+,37+,38+,39+,40+,41+/m1/s1. The number of hydrogen-bond acceptors (Lipinski definition) is 7. The van der Waals surface area contributed by atoms with Crippen LogP contribution in [0.4, 0.5) is 0 Å². The molecule has 4 aliphatic carbocycles. The molecule has 276 valence electrons. The van der Waals surface area contributed by atoms with E-state index in [9.17, 15) is 21.9 Å². The highest BCUT2D eigenvalue weighted by Gasteiger charge is 2.61. The first-order valence-corrected chi connectivity index (χ1v) is 21.7. The van der Waals surface area contributed by atoms with E-state index in [0.717, 1.165) is 68.9 Å². The third-order valence-corrected chi connectivity index (χ3v) is 16.2. The lowest BCUT2D eigenvalue weighted by atomic mass is 9.47. The molecule has 3 fully saturated rings. The van der Waals surface area contributed by atoms with Gasteiger partial charge in [-0.2, -0.15) is 16.8 Å². The van der Waals surface area contributed by atoms with Crippen LogP contribution in [0.25, 0.3) is 0 Å². The molecule has 2 aromatic carbocycles. The summed E-state index contributed by atoms with van der Waals surface area (Å²) in [6.07, 6.45) is 11.0. The second kappa shape index (κ2) is 14.4. The number of fused-ring (bicyclic) bond motifs is 5. The van der Waals surface area contributed by atoms with Gasteiger partial charge in [-0.25, -0.2) is 0 Å². The molecule has 0 amide bonds. The largest absolute Gasteiger partial charge is 0.393 e. The van der Waals surface area contributed by atoms with Gasteiger partial charge in [-0.05, 0) is 136 Å². The molecule has 0 saturated heterocycles. The molecule has 0 radical (unpaired) electrons. The van der Waals surface area contributed by atoms with Crippen LogP contribution in [-0.4, -0.2) is 40.8 Å². The van der Waals surface area contributed by atoms with Gasteiger partial charge in [0.2, 0.25) is 0 Å². The molecule has 0 aromatic heterocycles. The summed E-state index contributed by atoms with van der Waals surface area (Å²) in [4.78, 5) is 0.415. The van der Waals surface area contributed by atoms with Crippen molar-refractivity contribution in [3.63, 3.8) is 0 Å². The van der Waals surface area contributed by atoms with Gasteiger partial charge in [0.15, 0.2) is 0 Å². The summed E-state index contributed by atoms with van der Waals surface area (Å²) >= 11 is 0. The van der Waals surface area contributed by atoms with Crippen molar-refractivity contribution in [1.82, 2.24) is 0 Å². The molecule has 1 N–H and O–H groups in total. The maximum atomic E-state index is 13.1. The van der Waals surface area contributed by atoms with Crippen LogP contribution in [0.2, 0.25) is 0 Å². The first-order valence-electron chi connectivity index (χ1n) is 18.9. The summed E-state index contributed by atoms with van der Waals surface area (Å²) in [5.74, 6) is 2.25. The smallest absolute Gasteiger partial charge is 0.297 e. The predicted molar refractivity (Wildman–Crippen MR) is 196 cm³/mol. The number of aliphatic hydroxyl groups excluding tert-OH is 1. The maximum absolute atomic E-state index is 13.1. The van der Waals surface area contributed by atoms with Gasteiger partial charge in [0, 0.05) is 0 Å². The van der Waals surface area contributed by atoms with Gasteiger partial charge in [-0.3, -0.25) is 8.37 Å². The molecule has 6 rings (SSSR count). The second-order valence-electron chi connectivity index (χ2n) is 16.9. The van der Waals surface area contributed by atoms with Gasteiger partial charge in [-0.15, -0.1) is 0 Å². The molecule has 0 aliphatic heterocycles. The molecule has 9 heteroatoms. The Labute approximate surface area is 301 Å². The zero-order valence-corrected chi connectivity index (χ0v) is 32.4. The van der Waals surface area contributed by atoms with Gasteiger partial charge in [0.1, 0.15) is 0 Å². The third-order valence-electron chi connectivity index (χ3n) is 13.5. The molecule has 0 spiro atoms. The highest BCUT2D eigenvalue weighted by atomic mass is 32.2. The van der Waals surface area contributed by atoms with Crippen LogP contribution in [-0.2, 0) is 28.6 Å². The minimum absolute atomic E-state index is 0.0392. The van der Waals surface area contributed by atoms with E-state index in [-0.39, 0.29) is 51.3 Å². The summed E-state index contributed by atoms with van der Waals surface area (Å²) in [6.45, 7) is 13.2. The monoisotopic (exact) mass is 726 g/mol. The Kier molecular flexibility index (Phi) is 10.9. The van der Waals surface area contributed by atoms with Gasteiger partial charge < -0.3 is 5.11 Å². The normalized spacial score (nSPS) is 33.9. The number of aryl methyl sites for hydroxylation is 2. The molecule has 50 heavy (non-hydrogen) atoms. The number of aliphatic hydroxyl groups is 1. The Hall–Kier alpha value is -2.04. The Bertz CT molecular complexity index is 1750. The first-order chi connectivity index (χ1) is 23.5. The lowest BCUT2D eigenvalue weighted by Crippen LogP contribution is -2.51. The van der Waals surface area contributed by atoms with E-state index in [1.807, 2.05) is 32.9 Å². The van der Waals surface area contributed by atoms with Crippen LogP contribution < -0.4 is 0 Å². The van der Waals surface area contributed by atoms with Crippen molar-refractivity contribution < 1.29 is 30.3 Å². The van der Waals surface area contributed by atoms with Gasteiger partial charge in [0.05, 0.1) is 28.6 Å². The summed E-state index contributed by atoms with van der Waals surface area (Å²) < 4.78 is 62.7. The van der Waals surface area contributed by atoms with Crippen LogP contribution >= 0.6 is 0 Å². The zero-order chi connectivity index (χ0) is 36.1. The second-order valence-corrected chi connectivity index (χ2v) is 20.1. The van der Waals surface area contributed by atoms with Crippen LogP contribution in [0.3, 0.4) is 0 Å². The topological polar surface area (TPSA) is 107 Å². The fraction of sp³-hybridized carbons (Fsp3) is 0.659. The van der Waals surface area contributed by atoms with Crippen molar-refractivity contribution in [2.24, 2.45) is 46.3 Å². The Morgan fingerprint density at radius 3 is 2.10 bits per heavy atom. The summed E-state index contributed by atoms with van der Waals surface area (Å²) in [7, 11) is -7.58. The average Bonchev–Trinajstić information content (AvgIpc) is 3.34. The number of rotatable bonds is 12. The van der Waals surface area contributed by atoms with E-state index in [0.29, 0.717) is 30.1 Å². The average molecular weight is 727 g/mol. The fourth-order valence-corrected chi connectivity index (χ4v) is 12.9. The van der Waals surface area contributed by atoms with Crippen LogP contribution in [0.1, 0.15) is 103 Å². The van der Waals surface area contributed by atoms with Gasteiger partial charge >= 0.3 is 0 Å². The molecular formula is C41H58O7S2. The van der Waals surface area contributed by atoms with Crippen molar-refractivity contribution in [2.75, 3.05) is 6.61 Å². The van der Waals surface area contributed by atoms with Crippen molar-refractivity contribution >= 4 is 20.2 Å². The fourth-order valence-electron chi connectivity index (χ4n) is 10.8. The zero-order valence-electron chi connectivity index (χ0n) is 30.8. The minimum Gasteiger partial charge on any atom is -0.393 e. The van der Waals surface area contributed by atoms with E-state index in [4.69, 9.17) is 8.37 Å². The molecule has 10 atom stereocenters. The molecular weight excluding hydrogens is 669 g/mol. The predicted octanol–water partition coefficient (Wildman–Crippen LogP) is 8.78. The van der Waals surface area contributed by atoms with E-state index in [1.165, 1.54) is 5.57 Å². The summed E-state index contributed by atoms with van der Waals surface area (Å²) in [5, 5.41) is 11.6. The number of benzene rings is 2. The first kappa shape index (κ1) is 37.7. The van der Waals surface area contributed by atoms with E-state index < -0.39 is 20.2 Å². The molecule has 7 nitrogen and oxygen atoms in total. The summed E-state index contributed by atoms with van der Waals surface area (Å²) in [5.41, 5.74) is 3.51. The molecule has 2 aromatic rings. The number of hydrogen-bond donors (Lipinski definition) is 1. The summed E-state index contributed by atoms with van der Waals surface area (Å²) in [6, 6.07) is 13.6. The Balaban J connectivity index is 1.04. The van der Waals surface area contributed by atoms with E-state index in [1.54, 1.807) is 36.4 Å². The van der Waals surface area contributed by atoms with E-state index >= 15 is 0 Å². The molecule has 0 heterocycles. The quantitative estimate of drug-likeness (QED) is 0.172. The van der Waals surface area contributed by atoms with Crippen molar-refractivity contribution in [2.45, 2.75) is 128 Å². The highest BCUT2D eigenvalue weighted by molar-refractivity contribution is 7.87. The lowest BCUT2D eigenvalue weighted by molar-refractivity contribution is -0.0606. The molecule has 3 saturated carbocycles. The molecule has 4 aliphatic rings. The van der Waals surface area contributed by atoms with Gasteiger partial charge in [0.25, 0.3) is 20.2 Å². The van der Waals surface area contributed by atoms with Crippen LogP contribution in [0.15, 0.2) is 70.0 Å². The lowest BCUT2D eigenvalue weighted by Gasteiger charge is -2.58. The maximum Gasteiger partial charge on any atom is 0.297 e. The number of allylic oxidation sites excluding steroid dienone is 1. The van der Waals surface area contributed by atoms with Crippen molar-refractivity contribution in [3.8, 4) is 0 Å². The SMILES string of the molecule is Cc1ccc(S(=O)(=O)OC[C@H](C)CCC[C@@H](C)[C@H]2[C@@H](O)C[C@H]3[C@@H]4CC=C5CC(OS(=O)(=O)c6ccc(C)cc6)CC[C@]5(C)[C@H]4CC[C@]23C)cc1. The van der Waals surface area contributed by atoms with Crippen LogP contribution in [0, 0.1) is 60.2 Å². The Morgan fingerprint density at radius 2 is 1.46 bits per heavy atom. The molecule has 0 bridgehead atoms. The van der Waals surface area contributed by atoms with Crippen molar-refractivity contribution in [3.05, 3.63) is 71.3 Å². The van der Waals surface area contributed by atoms with Crippen LogP contribution in [0.5, 0.6) is 0 Å². The Morgan fingerprint density at radius 1 is 0.840 bits per heavy atom. The minimum atomic E-state index is -3.82. The van der Waals surface area contributed by atoms with Crippen molar-refractivity contribution in [1.29, 1.82) is 0 Å². The highest BCUT2D eigenvalue weighted by Crippen LogP contribution is 2.67. The van der Waals surface area contributed by atoms with E-state index in [2.05, 4.69) is 26.8 Å². The molecule has 1 unspecified atom stereocenters. The van der Waals surface area contributed by atoms with Gasteiger partial charge in [-0.1, -0.05) is 87.6 Å². The third kappa shape index (κ3) is 7.41.